The molecule has 0 saturated heterocycles. The van der Waals surface area contributed by atoms with Crippen LogP contribution in [0.1, 0.15) is 25.5 Å². The van der Waals surface area contributed by atoms with E-state index in [4.69, 9.17) is 11.6 Å². The van der Waals surface area contributed by atoms with Crippen molar-refractivity contribution in [2.24, 2.45) is 0 Å². The first-order valence-electron chi connectivity index (χ1n) is 5.76. The summed E-state index contributed by atoms with van der Waals surface area (Å²) in [5.74, 6) is -0.177. The van der Waals surface area contributed by atoms with Gasteiger partial charge in [0.05, 0.1) is 5.69 Å². The van der Waals surface area contributed by atoms with Crippen LogP contribution in [-0.4, -0.2) is 32.4 Å². The Morgan fingerprint density at radius 2 is 2.11 bits per heavy atom. The monoisotopic (exact) mass is 325 g/mol. The molecule has 0 aliphatic heterocycles. The molecule has 0 spiro atoms. The lowest BCUT2D eigenvalue weighted by Gasteiger charge is -2.05. The van der Waals surface area contributed by atoms with Gasteiger partial charge in [-0.3, -0.25) is 4.79 Å². The first kappa shape index (κ1) is 16.4. The van der Waals surface area contributed by atoms with Crippen LogP contribution in [0.5, 0.6) is 0 Å². The number of aromatic nitrogens is 1. The van der Waals surface area contributed by atoms with E-state index < -0.39 is 10.0 Å². The lowest BCUT2D eigenvalue weighted by Crippen LogP contribution is -2.31. The van der Waals surface area contributed by atoms with Gasteiger partial charge in [0.1, 0.15) is 0 Å². The second kappa shape index (κ2) is 7.18. The third kappa shape index (κ3) is 5.06. The maximum atomic E-state index is 11.9. The minimum Gasteiger partial charge on any atom is -0.356 e. The summed E-state index contributed by atoms with van der Waals surface area (Å²) in [6.45, 7) is 4.16. The van der Waals surface area contributed by atoms with E-state index in [1.165, 1.54) is 0 Å². The number of rotatable bonds is 7. The van der Waals surface area contributed by atoms with Crippen molar-refractivity contribution in [1.82, 2.24) is 15.0 Å². The van der Waals surface area contributed by atoms with E-state index in [1.54, 1.807) is 6.92 Å². The van der Waals surface area contributed by atoms with Gasteiger partial charge in [-0.05, 0) is 13.3 Å². The fourth-order valence-corrected chi connectivity index (χ4v) is 4.13. The summed E-state index contributed by atoms with van der Waals surface area (Å²) in [5, 5.41) is 2.67. The first-order valence-corrected chi connectivity index (χ1v) is 8.44. The van der Waals surface area contributed by atoms with E-state index in [1.807, 2.05) is 6.92 Å². The standard InChI is InChI=1S/C10H16ClN3O3S2/c1-3-5-12-8(15)4-6-13-19(16,17)9-7(2)14-10(11)18-9/h13H,3-6H2,1-2H3,(H,12,15). The number of aryl methyl sites for hydroxylation is 1. The van der Waals surface area contributed by atoms with Gasteiger partial charge >= 0.3 is 0 Å². The smallest absolute Gasteiger partial charge is 0.251 e. The topological polar surface area (TPSA) is 88.2 Å². The Bertz CT molecular complexity index is 542. The maximum Gasteiger partial charge on any atom is 0.251 e. The molecule has 108 valence electrons. The molecule has 0 aliphatic rings. The Morgan fingerprint density at radius 3 is 2.63 bits per heavy atom. The SMILES string of the molecule is CCCNC(=O)CCNS(=O)(=O)c1sc(Cl)nc1C. The predicted octanol–water partition coefficient (Wildman–Crippen LogP) is 1.30. The zero-order valence-corrected chi connectivity index (χ0v) is 13.1. The molecular formula is C10H16ClN3O3S2. The van der Waals surface area contributed by atoms with Crippen LogP contribution in [0.3, 0.4) is 0 Å². The predicted molar refractivity (Wildman–Crippen MR) is 75.0 cm³/mol. The minimum absolute atomic E-state index is 0.0485. The molecule has 0 unspecified atom stereocenters. The number of nitrogens with zero attached hydrogens (tertiary/aromatic N) is 1. The number of sulfonamides is 1. The molecule has 1 heterocycles. The molecular weight excluding hydrogens is 310 g/mol. The normalized spacial score (nSPS) is 11.5. The molecule has 1 rings (SSSR count). The van der Waals surface area contributed by atoms with Gasteiger partial charge in [-0.15, -0.1) is 0 Å². The maximum absolute atomic E-state index is 11.9. The van der Waals surface area contributed by atoms with Gasteiger partial charge in [-0.1, -0.05) is 29.9 Å². The molecule has 0 aromatic carbocycles. The number of hydrogen-bond acceptors (Lipinski definition) is 5. The molecule has 0 fully saturated rings. The van der Waals surface area contributed by atoms with Crippen molar-refractivity contribution < 1.29 is 13.2 Å². The highest BCUT2D eigenvalue weighted by Crippen LogP contribution is 2.26. The Balaban J connectivity index is 2.53. The molecule has 1 aromatic heterocycles. The van der Waals surface area contributed by atoms with Crippen molar-refractivity contribution in [1.29, 1.82) is 0 Å². The van der Waals surface area contributed by atoms with Crippen molar-refractivity contribution in [2.75, 3.05) is 13.1 Å². The van der Waals surface area contributed by atoms with Crippen molar-refractivity contribution in [2.45, 2.75) is 30.9 Å². The zero-order valence-electron chi connectivity index (χ0n) is 10.7. The fraction of sp³-hybridized carbons (Fsp3) is 0.600. The zero-order chi connectivity index (χ0) is 14.5. The summed E-state index contributed by atoms with van der Waals surface area (Å²) in [6, 6.07) is 0. The minimum atomic E-state index is -3.64. The van der Waals surface area contributed by atoms with E-state index in [2.05, 4.69) is 15.0 Å². The number of amides is 1. The number of nitrogens with one attached hydrogen (secondary N) is 2. The van der Waals surface area contributed by atoms with Gasteiger partial charge in [-0.25, -0.2) is 18.1 Å². The van der Waals surface area contributed by atoms with E-state index in [-0.39, 0.29) is 27.5 Å². The largest absolute Gasteiger partial charge is 0.356 e. The van der Waals surface area contributed by atoms with Crippen molar-refractivity contribution in [3.05, 3.63) is 10.2 Å². The van der Waals surface area contributed by atoms with Crippen LogP contribution >= 0.6 is 22.9 Å². The van der Waals surface area contributed by atoms with Crippen LogP contribution in [-0.2, 0) is 14.8 Å². The van der Waals surface area contributed by atoms with Crippen LogP contribution in [0, 0.1) is 6.92 Å². The lowest BCUT2D eigenvalue weighted by molar-refractivity contribution is -0.120. The highest BCUT2D eigenvalue weighted by atomic mass is 35.5. The highest BCUT2D eigenvalue weighted by molar-refractivity contribution is 7.91. The van der Waals surface area contributed by atoms with Crippen molar-refractivity contribution in [3.63, 3.8) is 0 Å². The number of carbonyl (C=O) groups excluding carboxylic acids is 1. The third-order valence-electron chi connectivity index (χ3n) is 2.19. The van der Waals surface area contributed by atoms with Crippen LogP contribution in [0.4, 0.5) is 0 Å². The number of halogens is 1. The fourth-order valence-electron chi connectivity index (χ4n) is 1.32. The molecule has 0 aliphatic carbocycles. The number of thiazole rings is 1. The average molecular weight is 326 g/mol. The first-order chi connectivity index (χ1) is 8.86. The second-order valence-corrected chi connectivity index (χ2v) is 7.38. The molecule has 2 N–H and O–H groups in total. The summed E-state index contributed by atoms with van der Waals surface area (Å²) in [7, 11) is -3.64. The molecule has 0 saturated carbocycles. The summed E-state index contributed by atoms with van der Waals surface area (Å²) >= 11 is 6.56. The summed E-state index contributed by atoms with van der Waals surface area (Å²) in [6.07, 6.45) is 0.945. The van der Waals surface area contributed by atoms with Gasteiger partial charge in [0, 0.05) is 19.5 Å². The molecule has 9 heteroatoms. The van der Waals surface area contributed by atoms with Crippen molar-refractivity contribution in [3.8, 4) is 0 Å². The summed E-state index contributed by atoms with van der Waals surface area (Å²) in [4.78, 5) is 15.2. The number of hydrogen-bond donors (Lipinski definition) is 2. The van der Waals surface area contributed by atoms with E-state index in [0.717, 1.165) is 17.8 Å². The van der Waals surface area contributed by atoms with Crippen molar-refractivity contribution >= 4 is 38.9 Å². The van der Waals surface area contributed by atoms with Crippen LogP contribution in [0.25, 0.3) is 0 Å². The Hall–Kier alpha value is -0.700. The Labute approximate surface area is 121 Å². The molecule has 0 atom stereocenters. The van der Waals surface area contributed by atoms with Gasteiger partial charge in [0.15, 0.2) is 8.68 Å². The van der Waals surface area contributed by atoms with Gasteiger partial charge in [0.25, 0.3) is 10.0 Å². The molecule has 1 amide bonds. The van der Waals surface area contributed by atoms with E-state index in [9.17, 15) is 13.2 Å². The van der Waals surface area contributed by atoms with Gasteiger partial charge in [-0.2, -0.15) is 0 Å². The van der Waals surface area contributed by atoms with E-state index in [0.29, 0.717) is 12.2 Å². The second-order valence-electron chi connectivity index (χ2n) is 3.84. The van der Waals surface area contributed by atoms with Crippen LogP contribution < -0.4 is 10.0 Å². The lowest BCUT2D eigenvalue weighted by atomic mass is 10.4. The van der Waals surface area contributed by atoms with Crippen LogP contribution in [0.2, 0.25) is 4.47 Å². The number of carbonyl (C=O) groups is 1. The molecule has 0 radical (unpaired) electrons. The summed E-state index contributed by atoms with van der Waals surface area (Å²) in [5.41, 5.74) is 0.359. The average Bonchev–Trinajstić information content (AvgIpc) is 2.66. The van der Waals surface area contributed by atoms with Gasteiger partial charge < -0.3 is 5.32 Å². The Kier molecular flexibility index (Phi) is 6.18. The molecule has 6 nitrogen and oxygen atoms in total. The quantitative estimate of drug-likeness (QED) is 0.791. The van der Waals surface area contributed by atoms with Gasteiger partial charge in [0.2, 0.25) is 5.91 Å². The molecule has 1 aromatic rings. The third-order valence-corrected chi connectivity index (χ3v) is 5.52. The molecule has 19 heavy (non-hydrogen) atoms. The van der Waals surface area contributed by atoms with E-state index >= 15 is 0 Å². The van der Waals surface area contributed by atoms with Crippen LogP contribution in [0.15, 0.2) is 4.21 Å². The Morgan fingerprint density at radius 1 is 1.42 bits per heavy atom. The highest BCUT2D eigenvalue weighted by Gasteiger charge is 2.21. The molecule has 0 bridgehead atoms. The summed E-state index contributed by atoms with van der Waals surface area (Å²) < 4.78 is 26.5.